The van der Waals surface area contributed by atoms with Crippen LogP contribution in [0.5, 0.6) is 0 Å². The summed E-state index contributed by atoms with van der Waals surface area (Å²) in [6, 6.07) is 5.42. The molecule has 21 heavy (non-hydrogen) atoms. The molecule has 1 saturated heterocycles. The number of benzene rings is 1. The van der Waals surface area contributed by atoms with Crippen LogP contribution >= 0.6 is 11.6 Å². The van der Waals surface area contributed by atoms with Gasteiger partial charge in [0.2, 0.25) is 0 Å². The van der Waals surface area contributed by atoms with Crippen LogP contribution in [-0.2, 0) is 6.54 Å². The minimum Gasteiger partial charge on any atom is -0.314 e. The zero-order valence-corrected chi connectivity index (χ0v) is 13.2. The van der Waals surface area contributed by atoms with Gasteiger partial charge in [-0.15, -0.1) is 0 Å². The van der Waals surface area contributed by atoms with Crippen LogP contribution in [0.15, 0.2) is 18.2 Å². The van der Waals surface area contributed by atoms with Gasteiger partial charge in [0.05, 0.1) is 0 Å². The largest absolute Gasteiger partial charge is 0.314 e. The van der Waals surface area contributed by atoms with Crippen molar-refractivity contribution in [2.45, 2.75) is 44.7 Å². The standard InChI is InChI=1S/C17H24ClFN2/c18-15-6-7-16(19)14(10-15)12-21-9-8-20-11-17(21)13-4-2-1-3-5-13/h6-7,10,13,17,20H,1-5,8-9,11-12H2. The summed E-state index contributed by atoms with van der Waals surface area (Å²) < 4.78 is 14.0. The third-order valence-corrected chi connectivity index (χ3v) is 5.21. The van der Waals surface area contributed by atoms with Gasteiger partial charge in [0.25, 0.3) is 0 Å². The summed E-state index contributed by atoms with van der Waals surface area (Å²) in [5, 5.41) is 4.13. The van der Waals surface area contributed by atoms with Gasteiger partial charge in [-0.05, 0) is 37.0 Å². The molecule has 0 amide bonds. The monoisotopic (exact) mass is 310 g/mol. The average molecular weight is 311 g/mol. The normalized spacial score (nSPS) is 25.1. The van der Waals surface area contributed by atoms with Crippen molar-refractivity contribution in [3.8, 4) is 0 Å². The first-order chi connectivity index (χ1) is 10.2. The smallest absolute Gasteiger partial charge is 0.127 e. The minimum absolute atomic E-state index is 0.139. The topological polar surface area (TPSA) is 15.3 Å². The van der Waals surface area contributed by atoms with E-state index in [1.807, 2.05) is 0 Å². The van der Waals surface area contributed by atoms with Crippen molar-refractivity contribution in [1.82, 2.24) is 10.2 Å². The van der Waals surface area contributed by atoms with Crippen LogP contribution < -0.4 is 5.32 Å². The lowest BCUT2D eigenvalue weighted by molar-refractivity contribution is 0.0850. The maximum Gasteiger partial charge on any atom is 0.127 e. The predicted molar refractivity (Wildman–Crippen MR) is 85.1 cm³/mol. The van der Waals surface area contributed by atoms with Crippen molar-refractivity contribution in [2.24, 2.45) is 5.92 Å². The van der Waals surface area contributed by atoms with Crippen LogP contribution in [0, 0.1) is 11.7 Å². The lowest BCUT2D eigenvalue weighted by atomic mass is 9.82. The van der Waals surface area contributed by atoms with Crippen molar-refractivity contribution in [1.29, 1.82) is 0 Å². The number of rotatable bonds is 3. The highest BCUT2D eigenvalue weighted by Crippen LogP contribution is 2.30. The number of halogens is 2. The van der Waals surface area contributed by atoms with E-state index in [9.17, 15) is 4.39 Å². The molecule has 1 aromatic carbocycles. The Bertz CT molecular complexity index is 474. The Hall–Kier alpha value is -0.640. The molecule has 0 spiro atoms. The maximum absolute atomic E-state index is 14.0. The van der Waals surface area contributed by atoms with Gasteiger partial charge >= 0.3 is 0 Å². The first kappa shape index (κ1) is 15.3. The molecule has 1 unspecified atom stereocenters. The van der Waals surface area contributed by atoms with Gasteiger partial charge < -0.3 is 5.32 Å². The van der Waals surface area contributed by atoms with E-state index in [0.717, 1.165) is 31.1 Å². The van der Waals surface area contributed by atoms with Gasteiger partial charge in [-0.2, -0.15) is 0 Å². The fourth-order valence-electron chi connectivity index (χ4n) is 3.83. The Labute approximate surface area is 131 Å². The minimum atomic E-state index is -0.139. The van der Waals surface area contributed by atoms with Gasteiger partial charge in [-0.3, -0.25) is 4.90 Å². The molecule has 4 heteroatoms. The zero-order valence-electron chi connectivity index (χ0n) is 12.5. The van der Waals surface area contributed by atoms with Gasteiger partial charge in [0, 0.05) is 42.8 Å². The maximum atomic E-state index is 14.0. The first-order valence-corrected chi connectivity index (χ1v) is 8.50. The number of hydrogen-bond acceptors (Lipinski definition) is 2. The summed E-state index contributed by atoms with van der Waals surface area (Å²) in [6.07, 6.45) is 6.71. The Morgan fingerprint density at radius 1 is 1.24 bits per heavy atom. The lowest BCUT2D eigenvalue weighted by Gasteiger charge is -2.42. The Kier molecular flexibility index (Phi) is 5.15. The van der Waals surface area contributed by atoms with Crippen molar-refractivity contribution in [2.75, 3.05) is 19.6 Å². The summed E-state index contributed by atoms with van der Waals surface area (Å²) in [4.78, 5) is 2.46. The molecular formula is C17H24ClFN2. The van der Waals surface area contributed by atoms with Crippen molar-refractivity contribution in [3.63, 3.8) is 0 Å². The molecule has 116 valence electrons. The zero-order chi connectivity index (χ0) is 14.7. The van der Waals surface area contributed by atoms with Crippen LogP contribution in [0.3, 0.4) is 0 Å². The molecule has 2 aliphatic rings. The fourth-order valence-corrected chi connectivity index (χ4v) is 4.03. The van der Waals surface area contributed by atoms with E-state index in [1.54, 1.807) is 12.1 Å². The fraction of sp³-hybridized carbons (Fsp3) is 0.647. The molecule has 1 saturated carbocycles. The van der Waals surface area contributed by atoms with Crippen molar-refractivity contribution >= 4 is 11.6 Å². The highest BCUT2D eigenvalue weighted by molar-refractivity contribution is 6.30. The van der Waals surface area contributed by atoms with Gasteiger partial charge in [-0.1, -0.05) is 30.9 Å². The highest BCUT2D eigenvalue weighted by Gasteiger charge is 2.31. The van der Waals surface area contributed by atoms with E-state index in [1.165, 1.54) is 38.2 Å². The van der Waals surface area contributed by atoms with Crippen molar-refractivity contribution in [3.05, 3.63) is 34.6 Å². The Balaban J connectivity index is 1.73. The first-order valence-electron chi connectivity index (χ1n) is 8.13. The molecule has 1 atom stereocenters. The third-order valence-electron chi connectivity index (χ3n) is 4.97. The van der Waals surface area contributed by atoms with E-state index in [-0.39, 0.29) is 5.82 Å². The average Bonchev–Trinajstić information content (AvgIpc) is 2.52. The van der Waals surface area contributed by atoms with Crippen LogP contribution in [0.2, 0.25) is 5.02 Å². The summed E-state index contributed by atoms with van der Waals surface area (Å²) >= 11 is 6.02. The molecule has 0 bridgehead atoms. The molecule has 2 nitrogen and oxygen atoms in total. The number of nitrogens with zero attached hydrogens (tertiary/aromatic N) is 1. The van der Waals surface area contributed by atoms with Crippen LogP contribution in [-0.4, -0.2) is 30.6 Å². The predicted octanol–water partition coefficient (Wildman–Crippen LogP) is 3.83. The quantitative estimate of drug-likeness (QED) is 0.912. The summed E-state index contributed by atoms with van der Waals surface area (Å²) in [5.41, 5.74) is 0.727. The number of hydrogen-bond donors (Lipinski definition) is 1. The van der Waals surface area contributed by atoms with Gasteiger partial charge in [0.15, 0.2) is 0 Å². The van der Waals surface area contributed by atoms with E-state index < -0.39 is 0 Å². The molecule has 0 radical (unpaired) electrons. The Morgan fingerprint density at radius 2 is 2.05 bits per heavy atom. The van der Waals surface area contributed by atoms with E-state index >= 15 is 0 Å². The van der Waals surface area contributed by atoms with Crippen LogP contribution in [0.1, 0.15) is 37.7 Å². The highest BCUT2D eigenvalue weighted by atomic mass is 35.5. The molecule has 3 rings (SSSR count). The van der Waals surface area contributed by atoms with Gasteiger partial charge in [0.1, 0.15) is 5.82 Å². The third kappa shape index (κ3) is 3.77. The molecular weight excluding hydrogens is 287 g/mol. The number of piperazine rings is 1. The van der Waals surface area contributed by atoms with Crippen LogP contribution in [0.25, 0.3) is 0 Å². The molecule has 1 aliphatic heterocycles. The molecule has 1 heterocycles. The van der Waals surface area contributed by atoms with Gasteiger partial charge in [-0.25, -0.2) is 4.39 Å². The SMILES string of the molecule is Fc1ccc(Cl)cc1CN1CCNCC1C1CCCCC1. The summed E-state index contributed by atoms with van der Waals surface area (Å²) in [7, 11) is 0. The van der Waals surface area contributed by atoms with E-state index in [4.69, 9.17) is 11.6 Å². The molecule has 1 N–H and O–H groups in total. The second kappa shape index (κ2) is 7.08. The second-order valence-corrected chi connectivity index (χ2v) is 6.81. The van der Waals surface area contributed by atoms with Crippen molar-refractivity contribution < 1.29 is 4.39 Å². The molecule has 0 aromatic heterocycles. The number of nitrogens with one attached hydrogen (secondary N) is 1. The molecule has 1 aromatic rings. The second-order valence-electron chi connectivity index (χ2n) is 6.38. The molecule has 2 fully saturated rings. The van der Waals surface area contributed by atoms with Crippen LogP contribution in [0.4, 0.5) is 4.39 Å². The summed E-state index contributed by atoms with van der Waals surface area (Å²) in [6.45, 7) is 3.70. The van der Waals surface area contributed by atoms with E-state index in [0.29, 0.717) is 17.6 Å². The lowest BCUT2D eigenvalue weighted by Crippen LogP contribution is -2.54. The Morgan fingerprint density at radius 3 is 2.86 bits per heavy atom. The molecule has 1 aliphatic carbocycles. The van der Waals surface area contributed by atoms with E-state index in [2.05, 4.69) is 10.2 Å². The summed E-state index contributed by atoms with van der Waals surface area (Å²) in [5.74, 6) is 0.620.